The lowest BCUT2D eigenvalue weighted by Gasteiger charge is -2.38. The molecule has 0 radical (unpaired) electrons. The molecule has 2 fully saturated rings. The molecule has 0 saturated carbocycles. The molecule has 1 aromatic heterocycles. The Bertz CT molecular complexity index is 851. The summed E-state index contributed by atoms with van der Waals surface area (Å²) in [5.74, 6) is 0.619. The quantitative estimate of drug-likeness (QED) is 0.796. The van der Waals surface area contributed by atoms with E-state index in [1.807, 2.05) is 17.0 Å². The first-order chi connectivity index (χ1) is 14.1. The van der Waals surface area contributed by atoms with Gasteiger partial charge in [0.2, 0.25) is 5.91 Å². The van der Waals surface area contributed by atoms with Crippen molar-refractivity contribution in [3.8, 4) is 0 Å². The Morgan fingerprint density at radius 1 is 1.10 bits per heavy atom. The first kappa shape index (κ1) is 19.3. The zero-order chi connectivity index (χ0) is 20.2. The number of carbonyl (C=O) groups excluding carboxylic acids is 2. The summed E-state index contributed by atoms with van der Waals surface area (Å²) in [6.07, 6.45) is 3.74. The first-order valence-electron chi connectivity index (χ1n) is 10.0. The molecule has 2 amide bonds. The highest BCUT2D eigenvalue weighted by molar-refractivity contribution is 5.97. The number of nitrogens with zero attached hydrogens (tertiary/aromatic N) is 4. The molecular formula is C21H26N6O2. The van der Waals surface area contributed by atoms with Crippen molar-refractivity contribution >= 4 is 23.3 Å². The molecule has 2 N–H and O–H groups in total. The topological polar surface area (TPSA) is 90.5 Å². The van der Waals surface area contributed by atoms with Gasteiger partial charge in [0.25, 0.3) is 5.91 Å². The molecule has 2 aliphatic heterocycles. The zero-order valence-corrected chi connectivity index (χ0v) is 16.5. The van der Waals surface area contributed by atoms with Gasteiger partial charge in [-0.2, -0.15) is 5.10 Å². The number of likely N-dealkylation sites (tertiary alicyclic amines) is 1. The zero-order valence-electron chi connectivity index (χ0n) is 16.5. The van der Waals surface area contributed by atoms with Gasteiger partial charge in [-0.25, -0.2) is 0 Å². The van der Waals surface area contributed by atoms with Gasteiger partial charge in [-0.3, -0.25) is 9.59 Å². The monoisotopic (exact) mass is 394 g/mol. The lowest BCUT2D eigenvalue weighted by Crippen LogP contribution is -2.52. The Morgan fingerprint density at radius 3 is 2.59 bits per heavy atom. The summed E-state index contributed by atoms with van der Waals surface area (Å²) >= 11 is 0. The highest BCUT2D eigenvalue weighted by Crippen LogP contribution is 2.23. The number of anilines is 2. The third kappa shape index (κ3) is 4.71. The number of rotatable bonds is 5. The van der Waals surface area contributed by atoms with Crippen molar-refractivity contribution in [2.24, 2.45) is 5.92 Å². The number of likely N-dealkylation sites (N-methyl/N-ethyl adjacent to an activating group) is 1. The molecule has 0 aliphatic carbocycles. The number of piperidine rings is 1. The maximum Gasteiger partial charge on any atom is 0.251 e. The van der Waals surface area contributed by atoms with Gasteiger partial charge < -0.3 is 20.4 Å². The van der Waals surface area contributed by atoms with E-state index < -0.39 is 0 Å². The van der Waals surface area contributed by atoms with Crippen molar-refractivity contribution in [1.82, 2.24) is 20.4 Å². The summed E-state index contributed by atoms with van der Waals surface area (Å²) in [6, 6.07) is 11.0. The summed E-state index contributed by atoms with van der Waals surface area (Å²) in [6.45, 7) is 3.22. The summed E-state index contributed by atoms with van der Waals surface area (Å²) in [4.78, 5) is 29.1. The van der Waals surface area contributed by atoms with Crippen molar-refractivity contribution in [2.75, 3.05) is 43.4 Å². The molecule has 1 unspecified atom stereocenters. The molecule has 0 bridgehead atoms. The minimum absolute atomic E-state index is 0.0208. The van der Waals surface area contributed by atoms with Crippen LogP contribution in [0.1, 0.15) is 23.2 Å². The van der Waals surface area contributed by atoms with Crippen LogP contribution in [0.4, 0.5) is 11.5 Å². The molecule has 1 aromatic carbocycles. The molecule has 8 heteroatoms. The molecular weight excluding hydrogens is 368 g/mol. The normalized spacial score (nSPS) is 20.0. The van der Waals surface area contributed by atoms with E-state index in [-0.39, 0.29) is 23.8 Å². The Labute approximate surface area is 170 Å². The molecule has 8 nitrogen and oxygen atoms in total. The largest absolute Gasteiger partial charge is 0.353 e. The van der Waals surface area contributed by atoms with Crippen LogP contribution in [0.5, 0.6) is 0 Å². The van der Waals surface area contributed by atoms with Crippen LogP contribution in [0, 0.1) is 5.92 Å². The number of nitrogens with one attached hydrogen (secondary N) is 2. The summed E-state index contributed by atoms with van der Waals surface area (Å²) in [7, 11) is 2.07. The van der Waals surface area contributed by atoms with Crippen LogP contribution in [0.3, 0.4) is 0 Å². The van der Waals surface area contributed by atoms with E-state index in [1.165, 1.54) is 0 Å². The highest BCUT2D eigenvalue weighted by Gasteiger charge is 2.33. The molecule has 1 atom stereocenters. The second-order valence-electron chi connectivity index (χ2n) is 7.83. The molecule has 152 valence electrons. The van der Waals surface area contributed by atoms with Crippen LogP contribution < -0.4 is 15.5 Å². The number of hydrogen-bond donors (Lipinski definition) is 2. The van der Waals surface area contributed by atoms with Crippen LogP contribution in [0.2, 0.25) is 0 Å². The third-order valence-corrected chi connectivity index (χ3v) is 5.51. The van der Waals surface area contributed by atoms with Crippen LogP contribution in [-0.4, -0.2) is 66.2 Å². The van der Waals surface area contributed by atoms with Crippen molar-refractivity contribution in [3.63, 3.8) is 0 Å². The van der Waals surface area contributed by atoms with Gasteiger partial charge in [0.1, 0.15) is 0 Å². The predicted octanol–water partition coefficient (Wildman–Crippen LogP) is 1.38. The summed E-state index contributed by atoms with van der Waals surface area (Å²) in [5.41, 5.74) is 1.30. The van der Waals surface area contributed by atoms with Crippen molar-refractivity contribution < 1.29 is 9.59 Å². The fraction of sp³-hybridized carbons (Fsp3) is 0.429. The van der Waals surface area contributed by atoms with Gasteiger partial charge in [-0.15, -0.1) is 5.10 Å². The Hall–Kier alpha value is -3.00. The van der Waals surface area contributed by atoms with Gasteiger partial charge in [-0.05, 0) is 62.8 Å². The van der Waals surface area contributed by atoms with Gasteiger partial charge >= 0.3 is 0 Å². The van der Waals surface area contributed by atoms with Gasteiger partial charge in [0.05, 0.1) is 5.92 Å². The number of carbonyl (C=O) groups is 2. The summed E-state index contributed by atoms with van der Waals surface area (Å²) in [5, 5.41) is 13.9. The summed E-state index contributed by atoms with van der Waals surface area (Å²) < 4.78 is 0. The maximum atomic E-state index is 12.5. The van der Waals surface area contributed by atoms with Crippen molar-refractivity contribution in [2.45, 2.75) is 18.9 Å². The second-order valence-corrected chi connectivity index (χ2v) is 7.83. The van der Waals surface area contributed by atoms with Crippen molar-refractivity contribution in [1.29, 1.82) is 0 Å². The maximum absolute atomic E-state index is 12.5. The number of hydrogen-bond acceptors (Lipinski definition) is 6. The molecule has 2 aliphatic rings. The number of amides is 2. The van der Waals surface area contributed by atoms with Crippen LogP contribution >= 0.6 is 0 Å². The van der Waals surface area contributed by atoms with Gasteiger partial charge in [0, 0.05) is 43.1 Å². The molecule has 4 rings (SSSR count). The predicted molar refractivity (Wildman–Crippen MR) is 111 cm³/mol. The first-order valence-corrected chi connectivity index (χ1v) is 10.0. The molecule has 3 heterocycles. The van der Waals surface area contributed by atoms with Gasteiger partial charge in [0.15, 0.2) is 5.82 Å². The average Bonchev–Trinajstić information content (AvgIpc) is 2.68. The highest BCUT2D eigenvalue weighted by atomic mass is 16.2. The van der Waals surface area contributed by atoms with Crippen LogP contribution in [0.25, 0.3) is 0 Å². The number of benzene rings is 1. The van der Waals surface area contributed by atoms with Crippen LogP contribution in [-0.2, 0) is 4.79 Å². The van der Waals surface area contributed by atoms with E-state index in [0.29, 0.717) is 24.3 Å². The lowest BCUT2D eigenvalue weighted by atomic mass is 9.99. The fourth-order valence-corrected chi connectivity index (χ4v) is 3.80. The molecule has 29 heavy (non-hydrogen) atoms. The van der Waals surface area contributed by atoms with E-state index in [2.05, 4.69) is 32.8 Å². The van der Waals surface area contributed by atoms with E-state index in [9.17, 15) is 9.59 Å². The lowest BCUT2D eigenvalue weighted by molar-refractivity contribution is -0.120. The Morgan fingerprint density at radius 2 is 1.90 bits per heavy atom. The second kappa shape index (κ2) is 8.57. The Kier molecular flexibility index (Phi) is 5.71. The standard InChI is InChI=1S/C21H26N6O2/c1-26-11-3-4-18(14-26)24-20(28)15-6-8-17(9-7-15)23-21(29)16-12-27(13-16)19-5-2-10-22-25-19/h2,5-10,16,18H,3-4,11-14H2,1H3,(H,23,29)(H,24,28). The van der Waals surface area contributed by atoms with E-state index in [1.54, 1.807) is 30.5 Å². The molecule has 2 aromatic rings. The Balaban J connectivity index is 1.26. The SMILES string of the molecule is CN1CCCC(NC(=O)c2ccc(NC(=O)C3CN(c4cccnn4)C3)cc2)C1. The smallest absolute Gasteiger partial charge is 0.251 e. The number of aromatic nitrogens is 2. The minimum Gasteiger partial charge on any atom is -0.353 e. The molecule has 2 saturated heterocycles. The average molecular weight is 394 g/mol. The van der Waals surface area contributed by atoms with E-state index in [0.717, 1.165) is 31.7 Å². The van der Waals surface area contributed by atoms with E-state index >= 15 is 0 Å². The third-order valence-electron chi connectivity index (χ3n) is 5.51. The van der Waals surface area contributed by atoms with Crippen molar-refractivity contribution in [3.05, 3.63) is 48.2 Å². The van der Waals surface area contributed by atoms with Gasteiger partial charge in [-0.1, -0.05) is 0 Å². The van der Waals surface area contributed by atoms with E-state index in [4.69, 9.17) is 0 Å². The minimum atomic E-state index is -0.0803. The fourth-order valence-electron chi connectivity index (χ4n) is 3.80. The van der Waals surface area contributed by atoms with Crippen LogP contribution in [0.15, 0.2) is 42.6 Å². The molecule has 0 spiro atoms.